The third-order valence-electron chi connectivity index (χ3n) is 4.00. The molecule has 1 aliphatic rings. The molecule has 3 rings (SSSR count). The fourth-order valence-electron chi connectivity index (χ4n) is 2.99. The zero-order chi connectivity index (χ0) is 16.1. The molecule has 22 heavy (non-hydrogen) atoms. The van der Waals surface area contributed by atoms with Gasteiger partial charge in [0.25, 0.3) is 10.0 Å². The Hall–Kier alpha value is -1.86. The summed E-state index contributed by atoms with van der Waals surface area (Å²) in [6.45, 7) is 5.27. The van der Waals surface area contributed by atoms with Gasteiger partial charge < -0.3 is 9.63 Å². The molecule has 0 saturated carbocycles. The molecule has 0 fully saturated rings. The molecule has 2 aromatic rings. The monoisotopic (exact) mass is 322 g/mol. The van der Waals surface area contributed by atoms with Crippen LogP contribution in [0.3, 0.4) is 0 Å². The summed E-state index contributed by atoms with van der Waals surface area (Å²) in [4.78, 5) is 0.109. The van der Waals surface area contributed by atoms with Gasteiger partial charge in [-0.2, -0.15) is 0 Å². The van der Waals surface area contributed by atoms with E-state index in [1.54, 1.807) is 19.9 Å². The predicted molar refractivity (Wildman–Crippen MR) is 81.3 cm³/mol. The number of sulfonamides is 1. The maximum Gasteiger partial charge on any atom is 0.269 e. The first-order chi connectivity index (χ1) is 10.3. The van der Waals surface area contributed by atoms with Crippen LogP contribution in [0.4, 0.5) is 5.69 Å². The highest BCUT2D eigenvalue weighted by molar-refractivity contribution is 7.93. The Morgan fingerprint density at radius 2 is 2.05 bits per heavy atom. The molecule has 0 amide bonds. The van der Waals surface area contributed by atoms with Crippen molar-refractivity contribution < 1.29 is 18.0 Å². The largest absolute Gasteiger partial charge is 0.388 e. The number of fused-ring (bicyclic) bond motifs is 1. The van der Waals surface area contributed by atoms with Gasteiger partial charge in [-0.25, -0.2) is 8.42 Å². The molecule has 0 bridgehead atoms. The van der Waals surface area contributed by atoms with Crippen LogP contribution in [0.25, 0.3) is 0 Å². The summed E-state index contributed by atoms with van der Waals surface area (Å²) in [7, 11) is -3.77. The first-order valence-corrected chi connectivity index (χ1v) is 8.51. The van der Waals surface area contributed by atoms with Crippen molar-refractivity contribution in [1.82, 2.24) is 5.16 Å². The highest BCUT2D eigenvalue weighted by Crippen LogP contribution is 2.40. The van der Waals surface area contributed by atoms with Crippen molar-refractivity contribution in [2.45, 2.75) is 38.2 Å². The number of aryl methyl sites for hydroxylation is 3. The van der Waals surface area contributed by atoms with Gasteiger partial charge in [-0.3, -0.25) is 4.31 Å². The number of hydrogen-bond acceptors (Lipinski definition) is 5. The van der Waals surface area contributed by atoms with Crippen LogP contribution in [0.5, 0.6) is 0 Å². The second kappa shape index (κ2) is 5.10. The van der Waals surface area contributed by atoms with E-state index in [-0.39, 0.29) is 17.2 Å². The summed E-state index contributed by atoms with van der Waals surface area (Å²) in [6.07, 6.45) is -0.287. The van der Waals surface area contributed by atoms with E-state index in [0.717, 1.165) is 5.56 Å². The second-order valence-corrected chi connectivity index (χ2v) is 7.35. The summed E-state index contributed by atoms with van der Waals surface area (Å²) in [6, 6.07) is 5.43. The molecule has 2 heterocycles. The standard InChI is InChI=1S/C15H18N2O4S/c1-9-5-4-6-12-13(18)7-8-17(14(9)12)22(19,20)15-10(2)16-21-11(15)3/h4-6,13,18H,7-8H2,1-3H3. The Labute approximate surface area is 129 Å². The van der Waals surface area contributed by atoms with E-state index in [2.05, 4.69) is 5.16 Å². The van der Waals surface area contributed by atoms with E-state index in [0.29, 0.717) is 23.4 Å². The lowest BCUT2D eigenvalue weighted by atomic mass is 9.98. The average Bonchev–Trinajstić information content (AvgIpc) is 2.80. The molecule has 0 aliphatic carbocycles. The molecule has 1 unspecified atom stereocenters. The highest BCUT2D eigenvalue weighted by atomic mass is 32.2. The minimum Gasteiger partial charge on any atom is -0.388 e. The van der Waals surface area contributed by atoms with Gasteiger partial charge in [0.05, 0.1) is 11.8 Å². The lowest BCUT2D eigenvalue weighted by Gasteiger charge is -2.34. The lowest BCUT2D eigenvalue weighted by Crippen LogP contribution is -2.37. The van der Waals surface area contributed by atoms with Gasteiger partial charge in [-0.1, -0.05) is 23.4 Å². The Morgan fingerprint density at radius 1 is 1.32 bits per heavy atom. The highest BCUT2D eigenvalue weighted by Gasteiger charge is 2.36. The van der Waals surface area contributed by atoms with Crippen molar-refractivity contribution in [3.63, 3.8) is 0 Å². The topological polar surface area (TPSA) is 83.6 Å². The number of aromatic nitrogens is 1. The van der Waals surface area contributed by atoms with E-state index < -0.39 is 16.1 Å². The van der Waals surface area contributed by atoms with Gasteiger partial charge in [0, 0.05) is 12.1 Å². The van der Waals surface area contributed by atoms with Gasteiger partial charge >= 0.3 is 0 Å². The zero-order valence-corrected chi connectivity index (χ0v) is 13.5. The van der Waals surface area contributed by atoms with Gasteiger partial charge in [0.1, 0.15) is 5.69 Å². The van der Waals surface area contributed by atoms with E-state index in [4.69, 9.17) is 4.52 Å². The third kappa shape index (κ3) is 2.12. The first kappa shape index (κ1) is 15.1. The number of anilines is 1. The summed E-state index contributed by atoms with van der Waals surface area (Å²) < 4.78 is 32.5. The number of benzene rings is 1. The molecule has 0 spiro atoms. The van der Waals surface area contributed by atoms with Crippen LogP contribution in [0.2, 0.25) is 0 Å². The van der Waals surface area contributed by atoms with E-state index >= 15 is 0 Å². The first-order valence-electron chi connectivity index (χ1n) is 7.07. The van der Waals surface area contributed by atoms with Crippen molar-refractivity contribution >= 4 is 15.7 Å². The van der Waals surface area contributed by atoms with Gasteiger partial charge in [0.2, 0.25) is 0 Å². The fourth-order valence-corrected chi connectivity index (χ4v) is 4.86. The molecule has 1 atom stereocenters. The summed E-state index contributed by atoms with van der Waals surface area (Å²) in [5.74, 6) is 0.277. The minimum atomic E-state index is -3.77. The maximum absolute atomic E-state index is 13.1. The molecule has 7 heteroatoms. The Balaban J connectivity index is 2.21. The molecular formula is C15H18N2O4S. The van der Waals surface area contributed by atoms with Crippen molar-refractivity contribution in [2.24, 2.45) is 0 Å². The third-order valence-corrected chi connectivity index (χ3v) is 6.04. The summed E-state index contributed by atoms with van der Waals surface area (Å²) >= 11 is 0. The second-order valence-electron chi connectivity index (χ2n) is 5.55. The van der Waals surface area contributed by atoms with Crippen molar-refractivity contribution in [3.8, 4) is 0 Å². The molecule has 1 N–H and O–H groups in total. The number of para-hydroxylation sites is 1. The van der Waals surface area contributed by atoms with Crippen molar-refractivity contribution in [1.29, 1.82) is 0 Å². The maximum atomic E-state index is 13.1. The van der Waals surface area contributed by atoms with Crippen molar-refractivity contribution in [2.75, 3.05) is 10.8 Å². The Bertz CT molecular complexity index is 807. The SMILES string of the molecule is Cc1cccc2c1N(S(=O)(=O)c1c(C)noc1C)CCC2O. The number of hydrogen-bond donors (Lipinski definition) is 1. The van der Waals surface area contributed by atoms with Crippen LogP contribution in [0.15, 0.2) is 27.6 Å². The molecule has 6 nitrogen and oxygen atoms in total. The number of rotatable bonds is 2. The Kier molecular flexibility index (Phi) is 3.49. The lowest BCUT2D eigenvalue weighted by molar-refractivity contribution is 0.166. The predicted octanol–water partition coefficient (Wildman–Crippen LogP) is 2.23. The van der Waals surface area contributed by atoms with E-state index in [9.17, 15) is 13.5 Å². The molecular weight excluding hydrogens is 304 g/mol. The average molecular weight is 322 g/mol. The van der Waals surface area contributed by atoms with Crippen LogP contribution in [-0.2, 0) is 10.0 Å². The van der Waals surface area contributed by atoms with Crippen LogP contribution >= 0.6 is 0 Å². The zero-order valence-electron chi connectivity index (χ0n) is 12.7. The minimum absolute atomic E-state index is 0.109. The molecule has 1 aliphatic heterocycles. The normalized spacial score (nSPS) is 18.4. The van der Waals surface area contributed by atoms with E-state index in [1.807, 2.05) is 19.1 Å². The molecule has 1 aromatic heterocycles. The summed E-state index contributed by atoms with van der Waals surface area (Å²) in [5.41, 5.74) is 2.35. The van der Waals surface area contributed by atoms with Gasteiger partial charge in [-0.05, 0) is 32.8 Å². The van der Waals surface area contributed by atoms with Gasteiger partial charge in [0.15, 0.2) is 10.7 Å². The number of aliphatic hydroxyl groups is 1. The van der Waals surface area contributed by atoms with Gasteiger partial charge in [-0.15, -0.1) is 0 Å². The van der Waals surface area contributed by atoms with Crippen molar-refractivity contribution in [3.05, 3.63) is 40.8 Å². The Morgan fingerprint density at radius 3 is 2.68 bits per heavy atom. The van der Waals surface area contributed by atoms with Crippen LogP contribution in [-0.4, -0.2) is 25.2 Å². The molecule has 1 aromatic carbocycles. The fraction of sp³-hybridized carbons (Fsp3) is 0.400. The number of aliphatic hydroxyl groups excluding tert-OH is 1. The van der Waals surface area contributed by atoms with Crippen LogP contribution in [0.1, 0.15) is 35.1 Å². The summed E-state index contributed by atoms with van der Waals surface area (Å²) in [5, 5.41) is 13.9. The molecule has 0 radical (unpaired) electrons. The quantitative estimate of drug-likeness (QED) is 0.916. The number of nitrogens with zero attached hydrogens (tertiary/aromatic N) is 2. The van der Waals surface area contributed by atoms with Crippen LogP contribution in [0, 0.1) is 20.8 Å². The molecule has 0 saturated heterocycles. The smallest absolute Gasteiger partial charge is 0.269 e. The van der Waals surface area contributed by atoms with E-state index in [1.165, 1.54) is 4.31 Å². The molecule has 118 valence electrons. The van der Waals surface area contributed by atoms with Crippen LogP contribution < -0.4 is 4.31 Å².